The highest BCUT2D eigenvalue weighted by Gasteiger charge is 2.19. The van der Waals surface area contributed by atoms with Gasteiger partial charge in [-0.1, -0.05) is 5.16 Å². The topological polar surface area (TPSA) is 78.4 Å². The molecule has 0 fully saturated rings. The Bertz CT molecular complexity index is 430. The molecule has 0 saturated carbocycles. The van der Waals surface area contributed by atoms with Gasteiger partial charge in [0.15, 0.2) is 0 Å². The Hall–Kier alpha value is -1.85. The summed E-state index contributed by atoms with van der Waals surface area (Å²) in [4.78, 5) is 11.2. The van der Waals surface area contributed by atoms with Crippen molar-refractivity contribution in [3.8, 4) is 0 Å². The van der Waals surface area contributed by atoms with Crippen LogP contribution in [0.3, 0.4) is 0 Å². The lowest BCUT2D eigenvalue weighted by Gasteiger charge is -1.94. The van der Waals surface area contributed by atoms with E-state index in [-0.39, 0.29) is 11.4 Å². The Labute approximate surface area is 72.4 Å². The number of esters is 1. The molecule has 6 heteroatoms. The van der Waals surface area contributed by atoms with Crippen molar-refractivity contribution in [1.82, 2.24) is 10.3 Å². The van der Waals surface area contributed by atoms with Gasteiger partial charge in [0.25, 0.3) is 5.71 Å². The van der Waals surface area contributed by atoms with Crippen LogP contribution in [-0.4, -0.2) is 22.9 Å². The maximum atomic E-state index is 11.2. The lowest BCUT2D eigenvalue weighted by atomic mass is 10.3. The van der Waals surface area contributed by atoms with Gasteiger partial charge < -0.3 is 13.8 Å². The van der Waals surface area contributed by atoms with Gasteiger partial charge >= 0.3 is 5.97 Å². The highest BCUT2D eigenvalue weighted by atomic mass is 16.5. The lowest BCUT2D eigenvalue weighted by Crippen LogP contribution is -2.04. The van der Waals surface area contributed by atoms with Gasteiger partial charge in [0.1, 0.15) is 11.6 Å². The quantitative estimate of drug-likeness (QED) is 0.644. The van der Waals surface area contributed by atoms with E-state index in [0.29, 0.717) is 12.0 Å². The number of nitrogens with zero attached hydrogens (tertiary/aromatic N) is 2. The minimum absolute atomic E-state index is 0.0955. The normalized spacial score (nSPS) is 10.5. The van der Waals surface area contributed by atoms with Gasteiger partial charge in [-0.25, -0.2) is 4.79 Å². The standard InChI is InChI=1S/C7H6N2O4/c1-2-11-7(10)5-4-3-12-9-6(4)13-8-5/h3H,2H2,1H3. The van der Waals surface area contributed by atoms with Crippen LogP contribution in [0.2, 0.25) is 0 Å². The van der Waals surface area contributed by atoms with Gasteiger partial charge in [-0.15, -0.1) is 0 Å². The predicted octanol–water partition coefficient (Wildman–Crippen LogP) is 0.992. The molecular weight excluding hydrogens is 176 g/mol. The van der Waals surface area contributed by atoms with Gasteiger partial charge in [0.05, 0.1) is 6.61 Å². The van der Waals surface area contributed by atoms with Gasteiger partial charge in [0, 0.05) is 0 Å². The first-order chi connectivity index (χ1) is 6.33. The first-order valence-corrected chi connectivity index (χ1v) is 3.69. The second-order valence-electron chi connectivity index (χ2n) is 2.29. The minimum atomic E-state index is -0.538. The molecular formula is C7H6N2O4. The zero-order chi connectivity index (χ0) is 9.26. The second kappa shape index (κ2) is 2.89. The predicted molar refractivity (Wildman–Crippen MR) is 40.0 cm³/mol. The van der Waals surface area contributed by atoms with E-state index in [0.717, 1.165) is 0 Å². The van der Waals surface area contributed by atoms with Gasteiger partial charge in [-0.2, -0.15) is 0 Å². The van der Waals surface area contributed by atoms with Crippen molar-refractivity contribution >= 4 is 17.1 Å². The van der Waals surface area contributed by atoms with Crippen molar-refractivity contribution in [1.29, 1.82) is 0 Å². The van der Waals surface area contributed by atoms with Gasteiger partial charge in [-0.3, -0.25) is 0 Å². The fourth-order valence-electron chi connectivity index (χ4n) is 0.934. The van der Waals surface area contributed by atoms with Crippen LogP contribution in [0.5, 0.6) is 0 Å². The number of hydrogen-bond acceptors (Lipinski definition) is 6. The molecule has 2 aromatic rings. The molecule has 2 aromatic heterocycles. The molecule has 0 atom stereocenters. The largest absolute Gasteiger partial charge is 0.461 e. The van der Waals surface area contributed by atoms with Crippen molar-refractivity contribution in [3.05, 3.63) is 12.0 Å². The number of aromatic nitrogens is 2. The van der Waals surface area contributed by atoms with Crippen LogP contribution in [0.4, 0.5) is 0 Å². The summed E-state index contributed by atoms with van der Waals surface area (Å²) in [5.41, 5.74) is 0.293. The smallest absolute Gasteiger partial charge is 0.361 e. The number of carbonyl (C=O) groups is 1. The molecule has 0 aliphatic rings. The fourth-order valence-corrected chi connectivity index (χ4v) is 0.934. The molecule has 0 aliphatic carbocycles. The molecule has 0 N–H and O–H groups in total. The van der Waals surface area contributed by atoms with Crippen molar-refractivity contribution in [2.45, 2.75) is 6.92 Å². The number of rotatable bonds is 2. The number of hydrogen-bond donors (Lipinski definition) is 0. The van der Waals surface area contributed by atoms with E-state index in [1.165, 1.54) is 6.26 Å². The summed E-state index contributed by atoms with van der Waals surface area (Å²) in [5, 5.41) is 7.40. The number of fused-ring (bicyclic) bond motifs is 1. The zero-order valence-electron chi connectivity index (χ0n) is 6.81. The highest BCUT2D eigenvalue weighted by Crippen LogP contribution is 2.16. The van der Waals surface area contributed by atoms with E-state index in [4.69, 9.17) is 9.26 Å². The summed E-state index contributed by atoms with van der Waals surface area (Å²) in [6.07, 6.45) is 1.29. The van der Waals surface area contributed by atoms with Crippen LogP contribution < -0.4 is 0 Å². The second-order valence-corrected chi connectivity index (χ2v) is 2.29. The van der Waals surface area contributed by atoms with Crippen molar-refractivity contribution in [2.24, 2.45) is 0 Å². The SMILES string of the molecule is CCOC(=O)c1noc2nocc12. The van der Waals surface area contributed by atoms with E-state index < -0.39 is 5.97 Å². The van der Waals surface area contributed by atoms with Crippen LogP contribution in [0.15, 0.2) is 15.3 Å². The molecule has 0 unspecified atom stereocenters. The van der Waals surface area contributed by atoms with E-state index in [9.17, 15) is 4.79 Å². The minimum Gasteiger partial charge on any atom is -0.461 e. The zero-order valence-corrected chi connectivity index (χ0v) is 6.81. The summed E-state index contributed by atoms with van der Waals surface area (Å²) in [6, 6.07) is 0. The van der Waals surface area contributed by atoms with Gasteiger partial charge in [-0.05, 0) is 12.1 Å². The molecule has 0 saturated heterocycles. The summed E-state index contributed by atoms with van der Waals surface area (Å²) in [6.45, 7) is 2.00. The Morgan fingerprint density at radius 3 is 3.23 bits per heavy atom. The molecule has 2 heterocycles. The Morgan fingerprint density at radius 1 is 1.62 bits per heavy atom. The summed E-state index contributed by atoms with van der Waals surface area (Å²) < 4.78 is 14.0. The monoisotopic (exact) mass is 182 g/mol. The highest BCUT2D eigenvalue weighted by molar-refractivity contribution is 5.99. The molecule has 6 nitrogen and oxygen atoms in total. The third kappa shape index (κ3) is 1.16. The van der Waals surface area contributed by atoms with E-state index in [2.05, 4.69) is 14.8 Å². The maximum absolute atomic E-state index is 11.2. The molecule has 0 amide bonds. The molecule has 2 rings (SSSR count). The molecule has 0 bridgehead atoms. The van der Waals surface area contributed by atoms with Crippen molar-refractivity contribution in [3.63, 3.8) is 0 Å². The molecule has 0 radical (unpaired) electrons. The Balaban J connectivity index is 2.42. The van der Waals surface area contributed by atoms with Crippen LogP contribution in [-0.2, 0) is 4.74 Å². The van der Waals surface area contributed by atoms with E-state index in [1.54, 1.807) is 6.92 Å². The number of carbonyl (C=O) groups excluding carboxylic acids is 1. The summed E-state index contributed by atoms with van der Waals surface area (Å²) in [7, 11) is 0. The Morgan fingerprint density at radius 2 is 2.46 bits per heavy atom. The fraction of sp³-hybridized carbons (Fsp3) is 0.286. The van der Waals surface area contributed by atoms with E-state index >= 15 is 0 Å². The molecule has 68 valence electrons. The van der Waals surface area contributed by atoms with Crippen molar-refractivity contribution in [2.75, 3.05) is 6.61 Å². The average Bonchev–Trinajstić information content (AvgIpc) is 2.62. The average molecular weight is 182 g/mol. The van der Waals surface area contributed by atoms with Crippen LogP contribution >= 0.6 is 0 Å². The lowest BCUT2D eigenvalue weighted by molar-refractivity contribution is 0.0516. The van der Waals surface area contributed by atoms with Crippen LogP contribution in [0.1, 0.15) is 17.4 Å². The summed E-state index contributed by atoms with van der Waals surface area (Å²) in [5.74, 6) is -0.538. The number of ether oxygens (including phenoxy) is 1. The molecule has 0 aliphatic heterocycles. The maximum Gasteiger partial charge on any atom is 0.361 e. The molecule has 0 aromatic carbocycles. The van der Waals surface area contributed by atoms with Gasteiger partial charge in [0.2, 0.25) is 5.69 Å². The first-order valence-electron chi connectivity index (χ1n) is 3.69. The third-order valence-corrected chi connectivity index (χ3v) is 1.48. The van der Waals surface area contributed by atoms with Crippen molar-refractivity contribution < 1.29 is 18.6 Å². The molecule has 0 spiro atoms. The third-order valence-electron chi connectivity index (χ3n) is 1.48. The van der Waals surface area contributed by atoms with Crippen LogP contribution in [0, 0.1) is 0 Å². The first kappa shape index (κ1) is 7.78. The molecule has 13 heavy (non-hydrogen) atoms. The Kier molecular flexibility index (Phi) is 1.73. The summed E-state index contributed by atoms with van der Waals surface area (Å²) >= 11 is 0. The van der Waals surface area contributed by atoms with E-state index in [1.807, 2.05) is 0 Å². The van der Waals surface area contributed by atoms with Crippen LogP contribution in [0.25, 0.3) is 11.1 Å².